The van der Waals surface area contributed by atoms with Crippen molar-refractivity contribution in [1.29, 1.82) is 0 Å². The molecule has 2 aromatic carbocycles. The van der Waals surface area contributed by atoms with E-state index in [0.29, 0.717) is 12.4 Å². The molecule has 0 aliphatic carbocycles. The Hall–Kier alpha value is -2.60. The Morgan fingerprint density at radius 2 is 1.67 bits per heavy atom. The molecule has 3 rings (SSSR count). The Morgan fingerprint density at radius 1 is 1.00 bits per heavy atom. The molecule has 124 valence electrons. The molecule has 0 spiro atoms. The van der Waals surface area contributed by atoms with E-state index in [-0.39, 0.29) is 4.90 Å². The van der Waals surface area contributed by atoms with Gasteiger partial charge in [-0.15, -0.1) is 0 Å². The average molecular weight is 341 g/mol. The highest BCUT2D eigenvalue weighted by Crippen LogP contribution is 2.17. The van der Waals surface area contributed by atoms with E-state index in [4.69, 9.17) is 0 Å². The molecule has 0 saturated heterocycles. The molecular weight excluding hydrogens is 322 g/mol. The Bertz CT molecular complexity index is 930. The molecule has 0 radical (unpaired) electrons. The lowest BCUT2D eigenvalue weighted by molar-refractivity contribution is 0.600. The van der Waals surface area contributed by atoms with Gasteiger partial charge >= 0.3 is 0 Å². The molecular formula is C18H19N3O2S. The lowest BCUT2D eigenvalue weighted by Crippen LogP contribution is -2.13. The number of anilines is 1. The molecule has 0 aliphatic heterocycles. The van der Waals surface area contributed by atoms with Crippen LogP contribution in [0.2, 0.25) is 0 Å². The van der Waals surface area contributed by atoms with Crippen molar-refractivity contribution >= 4 is 15.8 Å². The van der Waals surface area contributed by atoms with Crippen molar-refractivity contribution in [2.24, 2.45) is 0 Å². The molecule has 6 heteroatoms. The van der Waals surface area contributed by atoms with Gasteiger partial charge in [-0.3, -0.25) is 9.40 Å². The van der Waals surface area contributed by atoms with E-state index in [1.807, 2.05) is 44.2 Å². The number of rotatable bonds is 5. The number of hydrogen-bond donors (Lipinski definition) is 1. The molecule has 1 aromatic heterocycles. The van der Waals surface area contributed by atoms with Crippen LogP contribution >= 0.6 is 0 Å². The van der Waals surface area contributed by atoms with Crippen molar-refractivity contribution in [2.75, 3.05) is 4.72 Å². The van der Waals surface area contributed by atoms with Crippen LogP contribution in [0.25, 0.3) is 0 Å². The molecule has 1 heterocycles. The van der Waals surface area contributed by atoms with Crippen LogP contribution in [0.4, 0.5) is 5.82 Å². The zero-order chi connectivity index (χ0) is 17.2. The smallest absolute Gasteiger partial charge is 0.263 e. The number of aromatic nitrogens is 2. The highest BCUT2D eigenvalue weighted by Gasteiger charge is 2.16. The summed E-state index contributed by atoms with van der Waals surface area (Å²) in [4.78, 5) is 0.225. The van der Waals surface area contributed by atoms with Gasteiger partial charge < -0.3 is 0 Å². The molecule has 0 aliphatic rings. The van der Waals surface area contributed by atoms with Gasteiger partial charge in [-0.05, 0) is 31.5 Å². The minimum absolute atomic E-state index is 0.225. The summed E-state index contributed by atoms with van der Waals surface area (Å²) in [6.07, 6.45) is 0. The maximum atomic E-state index is 12.4. The second-order valence-corrected chi connectivity index (χ2v) is 7.42. The van der Waals surface area contributed by atoms with Gasteiger partial charge in [-0.25, -0.2) is 8.42 Å². The topological polar surface area (TPSA) is 64.0 Å². The minimum atomic E-state index is -3.63. The Labute approximate surface area is 142 Å². The van der Waals surface area contributed by atoms with Crippen LogP contribution in [-0.2, 0) is 16.6 Å². The van der Waals surface area contributed by atoms with Gasteiger partial charge in [0, 0.05) is 11.8 Å². The fourth-order valence-electron chi connectivity index (χ4n) is 2.39. The van der Waals surface area contributed by atoms with Gasteiger partial charge in [-0.1, -0.05) is 48.0 Å². The second-order valence-electron chi connectivity index (χ2n) is 5.73. The number of benzene rings is 2. The molecule has 5 nitrogen and oxygen atoms in total. The molecule has 24 heavy (non-hydrogen) atoms. The van der Waals surface area contributed by atoms with Crippen molar-refractivity contribution < 1.29 is 8.42 Å². The first-order valence-corrected chi connectivity index (χ1v) is 9.10. The summed E-state index contributed by atoms with van der Waals surface area (Å²) in [6, 6.07) is 18.4. The lowest BCUT2D eigenvalue weighted by atomic mass is 10.2. The Kier molecular flexibility index (Phi) is 4.40. The van der Waals surface area contributed by atoms with Crippen LogP contribution in [0.15, 0.2) is 65.6 Å². The quantitative estimate of drug-likeness (QED) is 0.774. The predicted molar refractivity (Wildman–Crippen MR) is 94.5 cm³/mol. The van der Waals surface area contributed by atoms with Gasteiger partial charge in [-0.2, -0.15) is 5.10 Å². The van der Waals surface area contributed by atoms with Crippen LogP contribution < -0.4 is 4.72 Å². The minimum Gasteiger partial charge on any atom is -0.263 e. The fourth-order valence-corrected chi connectivity index (χ4v) is 3.38. The van der Waals surface area contributed by atoms with E-state index < -0.39 is 10.0 Å². The highest BCUT2D eigenvalue weighted by molar-refractivity contribution is 7.92. The van der Waals surface area contributed by atoms with Crippen molar-refractivity contribution in [2.45, 2.75) is 25.3 Å². The lowest BCUT2D eigenvalue weighted by Gasteiger charge is -2.06. The maximum Gasteiger partial charge on any atom is 0.263 e. The molecule has 0 bridgehead atoms. The first kappa shape index (κ1) is 16.3. The first-order chi connectivity index (χ1) is 11.4. The SMILES string of the molecule is Cc1ccc(S(=O)(=O)Nc2cc(C)n(Cc3ccccc3)n2)cc1. The third kappa shape index (κ3) is 3.65. The highest BCUT2D eigenvalue weighted by atomic mass is 32.2. The van der Waals surface area contributed by atoms with Crippen molar-refractivity contribution in [3.05, 3.63) is 77.5 Å². The standard InChI is InChI=1S/C18H19N3O2S/c1-14-8-10-17(11-9-14)24(22,23)20-18-12-15(2)21(19-18)13-16-6-4-3-5-7-16/h3-12H,13H2,1-2H3,(H,19,20). The van der Waals surface area contributed by atoms with E-state index in [9.17, 15) is 8.42 Å². The van der Waals surface area contributed by atoms with Crippen LogP contribution in [-0.4, -0.2) is 18.2 Å². The second kappa shape index (κ2) is 6.49. The number of nitrogens with one attached hydrogen (secondary N) is 1. The zero-order valence-corrected chi connectivity index (χ0v) is 14.4. The third-order valence-electron chi connectivity index (χ3n) is 3.73. The number of sulfonamides is 1. The number of aryl methyl sites for hydroxylation is 2. The van der Waals surface area contributed by atoms with Gasteiger partial charge in [0.05, 0.1) is 11.4 Å². The Morgan fingerprint density at radius 3 is 2.33 bits per heavy atom. The molecule has 0 atom stereocenters. The van der Waals surface area contributed by atoms with Crippen molar-refractivity contribution in [1.82, 2.24) is 9.78 Å². The predicted octanol–water partition coefficient (Wildman–Crippen LogP) is 3.35. The molecule has 0 unspecified atom stereocenters. The van der Waals surface area contributed by atoms with Gasteiger partial charge in [0.15, 0.2) is 5.82 Å². The van der Waals surface area contributed by atoms with Gasteiger partial charge in [0.25, 0.3) is 10.0 Å². The van der Waals surface area contributed by atoms with E-state index in [2.05, 4.69) is 9.82 Å². The maximum absolute atomic E-state index is 12.4. The summed E-state index contributed by atoms with van der Waals surface area (Å²) in [5.74, 6) is 0.323. The Balaban J connectivity index is 1.81. The van der Waals surface area contributed by atoms with E-state index >= 15 is 0 Å². The monoisotopic (exact) mass is 341 g/mol. The van der Waals surface area contributed by atoms with Crippen molar-refractivity contribution in [3.63, 3.8) is 0 Å². The van der Waals surface area contributed by atoms with E-state index in [0.717, 1.165) is 16.8 Å². The zero-order valence-electron chi connectivity index (χ0n) is 13.6. The van der Waals surface area contributed by atoms with Gasteiger partial charge in [0.2, 0.25) is 0 Å². The van der Waals surface area contributed by atoms with Crippen LogP contribution in [0.1, 0.15) is 16.8 Å². The summed E-state index contributed by atoms with van der Waals surface area (Å²) >= 11 is 0. The third-order valence-corrected chi connectivity index (χ3v) is 5.10. The summed E-state index contributed by atoms with van der Waals surface area (Å²) in [5, 5.41) is 4.36. The normalized spacial score (nSPS) is 11.4. The molecule has 0 amide bonds. The van der Waals surface area contributed by atoms with Gasteiger partial charge in [0.1, 0.15) is 0 Å². The van der Waals surface area contributed by atoms with Crippen LogP contribution in [0, 0.1) is 13.8 Å². The molecule has 1 N–H and O–H groups in total. The average Bonchev–Trinajstić information content (AvgIpc) is 2.87. The molecule has 0 fully saturated rings. The summed E-state index contributed by atoms with van der Waals surface area (Å²) in [5.41, 5.74) is 3.01. The van der Waals surface area contributed by atoms with Crippen LogP contribution in [0.3, 0.4) is 0 Å². The summed E-state index contributed by atoms with van der Waals surface area (Å²) in [7, 11) is -3.63. The first-order valence-electron chi connectivity index (χ1n) is 7.62. The summed E-state index contributed by atoms with van der Waals surface area (Å²) in [6.45, 7) is 4.41. The summed E-state index contributed by atoms with van der Waals surface area (Å²) < 4.78 is 29.2. The van der Waals surface area contributed by atoms with E-state index in [1.165, 1.54) is 0 Å². The fraction of sp³-hybridized carbons (Fsp3) is 0.167. The number of nitrogens with zero attached hydrogens (tertiary/aromatic N) is 2. The van der Waals surface area contributed by atoms with E-state index in [1.54, 1.807) is 35.0 Å². The largest absolute Gasteiger partial charge is 0.263 e. The van der Waals surface area contributed by atoms with Crippen LogP contribution in [0.5, 0.6) is 0 Å². The number of hydrogen-bond acceptors (Lipinski definition) is 3. The van der Waals surface area contributed by atoms with Crippen molar-refractivity contribution in [3.8, 4) is 0 Å². The molecule has 3 aromatic rings. The molecule has 0 saturated carbocycles.